The quantitative estimate of drug-likeness (QED) is 0.536. The Balaban J connectivity index is 1.67. The Labute approximate surface area is 194 Å². The van der Waals surface area contributed by atoms with Gasteiger partial charge in [-0.25, -0.2) is 4.98 Å². The summed E-state index contributed by atoms with van der Waals surface area (Å²) in [6.45, 7) is 1.99. The Morgan fingerprint density at radius 1 is 1.12 bits per heavy atom. The van der Waals surface area contributed by atoms with Crippen molar-refractivity contribution < 1.29 is 19.1 Å². The molecule has 1 atom stereocenters. The van der Waals surface area contributed by atoms with E-state index in [0.717, 1.165) is 11.3 Å². The van der Waals surface area contributed by atoms with Gasteiger partial charge in [0.1, 0.15) is 17.1 Å². The SMILES string of the molecule is COc1cc(OC)nc(C(=O)N(C)[C@@H](C)CCc2ccccc2NC(=O)c2cccn2C)c1. The molecule has 0 spiro atoms. The molecule has 0 bridgehead atoms. The Morgan fingerprint density at radius 3 is 2.55 bits per heavy atom. The van der Waals surface area contributed by atoms with E-state index in [-0.39, 0.29) is 23.6 Å². The fraction of sp³-hybridized carbons (Fsp3) is 0.320. The van der Waals surface area contributed by atoms with E-state index in [1.165, 1.54) is 14.2 Å². The van der Waals surface area contributed by atoms with E-state index in [9.17, 15) is 9.59 Å². The van der Waals surface area contributed by atoms with Gasteiger partial charge in [0.15, 0.2) is 0 Å². The van der Waals surface area contributed by atoms with Gasteiger partial charge < -0.3 is 24.3 Å². The van der Waals surface area contributed by atoms with Gasteiger partial charge in [-0.05, 0) is 43.5 Å². The van der Waals surface area contributed by atoms with Crippen LogP contribution in [0.2, 0.25) is 0 Å². The molecule has 0 saturated heterocycles. The minimum absolute atomic E-state index is 0.0619. The maximum atomic E-state index is 13.0. The predicted molar refractivity (Wildman–Crippen MR) is 127 cm³/mol. The van der Waals surface area contributed by atoms with Crippen molar-refractivity contribution in [2.24, 2.45) is 7.05 Å². The molecular weight excluding hydrogens is 420 g/mol. The maximum absolute atomic E-state index is 13.0. The van der Waals surface area contributed by atoms with Gasteiger partial charge in [-0.1, -0.05) is 18.2 Å². The molecule has 2 amide bonds. The van der Waals surface area contributed by atoms with E-state index in [2.05, 4.69) is 10.3 Å². The van der Waals surface area contributed by atoms with Crippen LogP contribution in [0, 0.1) is 0 Å². The van der Waals surface area contributed by atoms with Crippen molar-refractivity contribution in [2.75, 3.05) is 26.6 Å². The van der Waals surface area contributed by atoms with Gasteiger partial charge in [-0.15, -0.1) is 0 Å². The van der Waals surface area contributed by atoms with Crippen molar-refractivity contribution in [1.82, 2.24) is 14.5 Å². The lowest BCUT2D eigenvalue weighted by Gasteiger charge is -2.25. The van der Waals surface area contributed by atoms with Crippen LogP contribution in [0.5, 0.6) is 11.6 Å². The van der Waals surface area contributed by atoms with Crippen molar-refractivity contribution in [3.05, 3.63) is 71.7 Å². The summed E-state index contributed by atoms with van der Waals surface area (Å²) in [5.74, 6) is 0.453. The number of hydrogen-bond donors (Lipinski definition) is 1. The molecular formula is C25H30N4O4. The van der Waals surface area contributed by atoms with E-state index in [1.807, 2.05) is 50.5 Å². The first-order valence-electron chi connectivity index (χ1n) is 10.7. The van der Waals surface area contributed by atoms with E-state index < -0.39 is 0 Å². The van der Waals surface area contributed by atoms with Gasteiger partial charge in [0.2, 0.25) is 5.88 Å². The van der Waals surface area contributed by atoms with E-state index in [1.54, 1.807) is 34.7 Å². The number of carbonyl (C=O) groups is 2. The Kier molecular flexibility index (Phi) is 7.71. The molecule has 0 saturated carbocycles. The molecule has 2 heterocycles. The number of rotatable bonds is 9. The minimum atomic E-state index is -0.218. The topological polar surface area (TPSA) is 85.7 Å². The third kappa shape index (κ3) is 5.71. The van der Waals surface area contributed by atoms with Crippen LogP contribution in [-0.4, -0.2) is 53.6 Å². The van der Waals surface area contributed by atoms with E-state index in [0.29, 0.717) is 30.2 Å². The van der Waals surface area contributed by atoms with Crippen LogP contribution in [-0.2, 0) is 13.5 Å². The van der Waals surface area contributed by atoms with Gasteiger partial charge in [0.05, 0.1) is 14.2 Å². The molecule has 3 aromatic rings. The lowest BCUT2D eigenvalue weighted by molar-refractivity contribution is 0.0730. The van der Waals surface area contributed by atoms with Crippen LogP contribution in [0.25, 0.3) is 0 Å². The summed E-state index contributed by atoms with van der Waals surface area (Å²) in [6, 6.07) is 14.5. The molecule has 174 valence electrons. The molecule has 0 radical (unpaired) electrons. The van der Waals surface area contributed by atoms with Crippen LogP contribution in [0.4, 0.5) is 5.69 Å². The summed E-state index contributed by atoms with van der Waals surface area (Å²) in [5.41, 5.74) is 2.62. The second-order valence-electron chi connectivity index (χ2n) is 7.85. The second-order valence-corrected chi connectivity index (χ2v) is 7.85. The largest absolute Gasteiger partial charge is 0.496 e. The molecule has 0 aliphatic rings. The smallest absolute Gasteiger partial charge is 0.272 e. The van der Waals surface area contributed by atoms with E-state index in [4.69, 9.17) is 9.47 Å². The Morgan fingerprint density at radius 2 is 1.88 bits per heavy atom. The number of para-hydroxylation sites is 1. The predicted octanol–water partition coefficient (Wildman–Crippen LogP) is 3.78. The van der Waals surface area contributed by atoms with Crippen molar-refractivity contribution >= 4 is 17.5 Å². The Bertz CT molecular complexity index is 1100. The number of aromatic nitrogens is 2. The van der Waals surface area contributed by atoms with E-state index >= 15 is 0 Å². The lowest BCUT2D eigenvalue weighted by Crippen LogP contribution is -2.36. The molecule has 1 N–H and O–H groups in total. The summed E-state index contributed by atoms with van der Waals surface area (Å²) in [5, 5.41) is 3.00. The van der Waals surface area contributed by atoms with Crippen LogP contribution in [0.15, 0.2) is 54.7 Å². The normalized spacial score (nSPS) is 11.5. The molecule has 1 aromatic carbocycles. The first-order valence-corrected chi connectivity index (χ1v) is 10.7. The molecule has 8 heteroatoms. The first kappa shape index (κ1) is 23.8. The number of pyridine rings is 1. The van der Waals surface area contributed by atoms with Gasteiger partial charge in [-0.2, -0.15) is 0 Å². The molecule has 2 aromatic heterocycles. The third-order valence-corrected chi connectivity index (χ3v) is 5.69. The number of anilines is 1. The summed E-state index contributed by atoms with van der Waals surface area (Å²) in [7, 11) is 6.62. The number of benzene rings is 1. The highest BCUT2D eigenvalue weighted by molar-refractivity contribution is 6.03. The number of ether oxygens (including phenoxy) is 2. The molecule has 8 nitrogen and oxygen atoms in total. The van der Waals surface area contributed by atoms with Gasteiger partial charge in [0, 0.05) is 44.2 Å². The zero-order valence-corrected chi connectivity index (χ0v) is 19.7. The van der Waals surface area contributed by atoms with Gasteiger partial charge >= 0.3 is 0 Å². The average molecular weight is 451 g/mol. The van der Waals surface area contributed by atoms with Gasteiger partial charge in [0.25, 0.3) is 11.8 Å². The summed E-state index contributed by atoms with van der Waals surface area (Å²) < 4.78 is 12.2. The van der Waals surface area contributed by atoms with Crippen molar-refractivity contribution in [3.8, 4) is 11.6 Å². The fourth-order valence-corrected chi connectivity index (χ4v) is 3.50. The standard InChI is InChI=1S/C25H30N4O4/c1-17(29(3)25(31)21-15-19(32-4)16-23(26-21)33-5)12-13-18-9-6-7-10-20(18)27-24(30)22-11-8-14-28(22)2/h6-11,14-17H,12-13H2,1-5H3,(H,27,30)/t17-/m0/s1. The minimum Gasteiger partial charge on any atom is -0.496 e. The lowest BCUT2D eigenvalue weighted by atomic mass is 10.0. The van der Waals surface area contributed by atoms with Crippen molar-refractivity contribution in [1.29, 1.82) is 0 Å². The van der Waals surface area contributed by atoms with Crippen LogP contribution < -0.4 is 14.8 Å². The first-order chi connectivity index (χ1) is 15.8. The number of methoxy groups -OCH3 is 2. The molecule has 0 unspecified atom stereocenters. The second kappa shape index (κ2) is 10.7. The molecule has 0 aliphatic heterocycles. The molecule has 33 heavy (non-hydrogen) atoms. The maximum Gasteiger partial charge on any atom is 0.272 e. The Hall–Kier alpha value is -3.81. The molecule has 0 fully saturated rings. The molecule has 3 rings (SSSR count). The fourth-order valence-electron chi connectivity index (χ4n) is 3.50. The highest BCUT2D eigenvalue weighted by Crippen LogP contribution is 2.22. The van der Waals surface area contributed by atoms with Crippen molar-refractivity contribution in [2.45, 2.75) is 25.8 Å². The summed E-state index contributed by atoms with van der Waals surface area (Å²) in [6.07, 6.45) is 3.24. The number of hydrogen-bond acceptors (Lipinski definition) is 5. The number of nitrogens with zero attached hydrogens (tertiary/aromatic N) is 3. The number of aryl methyl sites for hydroxylation is 2. The number of carbonyl (C=O) groups excluding carboxylic acids is 2. The number of nitrogens with one attached hydrogen (secondary N) is 1. The summed E-state index contributed by atoms with van der Waals surface area (Å²) >= 11 is 0. The van der Waals surface area contributed by atoms with Crippen molar-refractivity contribution in [3.63, 3.8) is 0 Å². The molecule has 0 aliphatic carbocycles. The monoisotopic (exact) mass is 450 g/mol. The summed E-state index contributed by atoms with van der Waals surface area (Å²) in [4.78, 5) is 31.6. The van der Waals surface area contributed by atoms with Crippen LogP contribution in [0.3, 0.4) is 0 Å². The zero-order valence-electron chi connectivity index (χ0n) is 19.7. The van der Waals surface area contributed by atoms with Crippen LogP contribution in [0.1, 0.15) is 39.9 Å². The third-order valence-electron chi connectivity index (χ3n) is 5.69. The highest BCUT2D eigenvalue weighted by Gasteiger charge is 2.21. The van der Waals surface area contributed by atoms with Crippen LogP contribution >= 0.6 is 0 Å². The highest BCUT2D eigenvalue weighted by atomic mass is 16.5. The van der Waals surface area contributed by atoms with Gasteiger partial charge in [-0.3, -0.25) is 9.59 Å². The average Bonchev–Trinajstić information content (AvgIpc) is 3.27. The zero-order chi connectivity index (χ0) is 24.0. The number of amides is 2.